The van der Waals surface area contributed by atoms with Crippen molar-refractivity contribution in [2.24, 2.45) is 5.73 Å². The third kappa shape index (κ3) is 1.27. The summed E-state index contributed by atoms with van der Waals surface area (Å²) in [6.45, 7) is 3.03. The lowest BCUT2D eigenvalue weighted by atomic mass is 10.1. The molecule has 3 rings (SSSR count). The molecule has 84 valence electrons. The molecule has 16 heavy (non-hydrogen) atoms. The van der Waals surface area contributed by atoms with Crippen LogP contribution in [0.4, 0.5) is 0 Å². The molecule has 4 nitrogen and oxygen atoms in total. The van der Waals surface area contributed by atoms with Gasteiger partial charge in [0.25, 0.3) is 0 Å². The van der Waals surface area contributed by atoms with E-state index in [1.807, 2.05) is 12.1 Å². The monoisotopic (exact) mass is 218 g/mol. The third-order valence-electron chi connectivity index (χ3n) is 3.01. The summed E-state index contributed by atoms with van der Waals surface area (Å²) < 4.78 is 10.7. The Morgan fingerprint density at radius 2 is 2.06 bits per heavy atom. The predicted octanol–water partition coefficient (Wildman–Crippen LogP) is 1.71. The molecule has 2 aromatic rings. The highest BCUT2D eigenvalue weighted by molar-refractivity contribution is 5.88. The number of benzene rings is 1. The quantitative estimate of drug-likeness (QED) is 0.806. The van der Waals surface area contributed by atoms with Crippen LogP contribution in [0.1, 0.15) is 11.3 Å². The number of ether oxygens (including phenoxy) is 2. The van der Waals surface area contributed by atoms with E-state index in [0.29, 0.717) is 13.3 Å². The van der Waals surface area contributed by atoms with Gasteiger partial charge in [0.05, 0.1) is 0 Å². The van der Waals surface area contributed by atoms with E-state index < -0.39 is 0 Å². The van der Waals surface area contributed by atoms with E-state index in [2.05, 4.69) is 11.9 Å². The lowest BCUT2D eigenvalue weighted by Gasteiger charge is -1.99. The molecule has 3 N–H and O–H groups in total. The van der Waals surface area contributed by atoms with Crippen LogP contribution in [0.15, 0.2) is 12.1 Å². The molecule has 1 aromatic heterocycles. The molecule has 0 bridgehead atoms. The first-order valence-electron chi connectivity index (χ1n) is 5.40. The summed E-state index contributed by atoms with van der Waals surface area (Å²) in [6, 6.07) is 4.02. The SMILES string of the molecule is Cc1[nH]c2cc3c(cc2c1CCN)OCO3. The van der Waals surface area contributed by atoms with E-state index >= 15 is 0 Å². The Morgan fingerprint density at radius 1 is 1.31 bits per heavy atom. The minimum Gasteiger partial charge on any atom is -0.454 e. The number of hydrogen-bond donors (Lipinski definition) is 2. The van der Waals surface area contributed by atoms with E-state index in [0.717, 1.165) is 23.4 Å². The molecule has 2 heterocycles. The van der Waals surface area contributed by atoms with Crippen LogP contribution in [-0.2, 0) is 6.42 Å². The average molecular weight is 218 g/mol. The number of aryl methyl sites for hydroxylation is 1. The fraction of sp³-hybridized carbons (Fsp3) is 0.333. The molecule has 0 atom stereocenters. The highest BCUT2D eigenvalue weighted by atomic mass is 16.7. The fourth-order valence-electron chi connectivity index (χ4n) is 2.24. The second-order valence-electron chi connectivity index (χ2n) is 4.02. The summed E-state index contributed by atoms with van der Waals surface area (Å²) in [5, 5.41) is 1.19. The molecule has 0 saturated carbocycles. The first-order chi connectivity index (χ1) is 7.79. The summed E-state index contributed by atoms with van der Waals surface area (Å²) in [7, 11) is 0. The maximum atomic E-state index is 5.62. The number of hydrogen-bond acceptors (Lipinski definition) is 3. The lowest BCUT2D eigenvalue weighted by Crippen LogP contribution is -2.03. The summed E-state index contributed by atoms with van der Waals surface area (Å²) in [5.74, 6) is 1.64. The van der Waals surface area contributed by atoms with Crippen molar-refractivity contribution in [2.45, 2.75) is 13.3 Å². The highest BCUT2D eigenvalue weighted by Crippen LogP contribution is 2.37. The highest BCUT2D eigenvalue weighted by Gasteiger charge is 2.17. The van der Waals surface area contributed by atoms with Crippen molar-refractivity contribution in [2.75, 3.05) is 13.3 Å². The summed E-state index contributed by atoms with van der Waals surface area (Å²) in [5.41, 5.74) is 9.16. The second kappa shape index (κ2) is 3.42. The molecule has 0 aliphatic carbocycles. The zero-order chi connectivity index (χ0) is 11.1. The molecule has 1 aliphatic heterocycles. The largest absolute Gasteiger partial charge is 0.454 e. The van der Waals surface area contributed by atoms with Gasteiger partial charge in [-0.05, 0) is 31.5 Å². The standard InChI is InChI=1S/C12H14N2O2/c1-7-8(2-3-13)9-4-11-12(16-6-15-11)5-10(9)14-7/h4-5,14H,2-3,6,13H2,1H3. The van der Waals surface area contributed by atoms with E-state index in [1.165, 1.54) is 16.6 Å². The Labute approximate surface area is 93.3 Å². The lowest BCUT2D eigenvalue weighted by molar-refractivity contribution is 0.174. The van der Waals surface area contributed by atoms with Gasteiger partial charge >= 0.3 is 0 Å². The van der Waals surface area contributed by atoms with Gasteiger partial charge in [0.15, 0.2) is 11.5 Å². The number of nitrogens with two attached hydrogens (primary N) is 1. The summed E-state index contributed by atoms with van der Waals surface area (Å²) in [6.07, 6.45) is 0.880. The predicted molar refractivity (Wildman–Crippen MR) is 61.9 cm³/mol. The van der Waals surface area contributed by atoms with Crippen molar-refractivity contribution >= 4 is 10.9 Å². The third-order valence-corrected chi connectivity index (χ3v) is 3.01. The second-order valence-corrected chi connectivity index (χ2v) is 4.02. The normalized spacial score (nSPS) is 13.6. The molecule has 0 amide bonds. The maximum Gasteiger partial charge on any atom is 0.231 e. The van der Waals surface area contributed by atoms with Crippen LogP contribution in [0.2, 0.25) is 0 Å². The van der Waals surface area contributed by atoms with E-state index in [9.17, 15) is 0 Å². The Morgan fingerprint density at radius 3 is 2.81 bits per heavy atom. The molecule has 0 saturated heterocycles. The first-order valence-corrected chi connectivity index (χ1v) is 5.40. The summed E-state index contributed by atoms with van der Waals surface area (Å²) >= 11 is 0. The molecular weight excluding hydrogens is 204 g/mol. The van der Waals surface area contributed by atoms with Crippen LogP contribution >= 0.6 is 0 Å². The van der Waals surface area contributed by atoms with Gasteiger partial charge in [-0.1, -0.05) is 0 Å². The Hall–Kier alpha value is -1.68. The maximum absolute atomic E-state index is 5.62. The van der Waals surface area contributed by atoms with Gasteiger partial charge in [0, 0.05) is 22.7 Å². The topological polar surface area (TPSA) is 60.3 Å². The Balaban J connectivity index is 2.23. The number of nitrogens with one attached hydrogen (secondary N) is 1. The number of aromatic amines is 1. The van der Waals surface area contributed by atoms with Crippen molar-refractivity contribution in [3.8, 4) is 11.5 Å². The van der Waals surface area contributed by atoms with Crippen LogP contribution < -0.4 is 15.2 Å². The van der Waals surface area contributed by atoms with Crippen molar-refractivity contribution < 1.29 is 9.47 Å². The van der Waals surface area contributed by atoms with Crippen LogP contribution in [0.25, 0.3) is 10.9 Å². The molecule has 0 spiro atoms. The van der Waals surface area contributed by atoms with Crippen molar-refractivity contribution in [3.63, 3.8) is 0 Å². The number of rotatable bonds is 2. The minimum absolute atomic E-state index is 0.313. The first kappa shape index (κ1) is 9.54. The van der Waals surface area contributed by atoms with Crippen LogP contribution in [0.3, 0.4) is 0 Å². The van der Waals surface area contributed by atoms with E-state index in [-0.39, 0.29) is 0 Å². The van der Waals surface area contributed by atoms with Crippen molar-refractivity contribution in [1.29, 1.82) is 0 Å². The molecule has 1 aromatic carbocycles. The van der Waals surface area contributed by atoms with Gasteiger partial charge in [-0.15, -0.1) is 0 Å². The van der Waals surface area contributed by atoms with Gasteiger partial charge in [-0.3, -0.25) is 0 Å². The molecule has 1 aliphatic rings. The van der Waals surface area contributed by atoms with Crippen molar-refractivity contribution in [1.82, 2.24) is 4.98 Å². The van der Waals surface area contributed by atoms with Gasteiger partial charge in [0.2, 0.25) is 6.79 Å². The number of aromatic nitrogens is 1. The molecule has 0 unspecified atom stereocenters. The zero-order valence-corrected chi connectivity index (χ0v) is 9.17. The van der Waals surface area contributed by atoms with E-state index in [1.54, 1.807) is 0 Å². The smallest absolute Gasteiger partial charge is 0.231 e. The van der Waals surface area contributed by atoms with Crippen molar-refractivity contribution in [3.05, 3.63) is 23.4 Å². The minimum atomic E-state index is 0.313. The number of fused-ring (bicyclic) bond motifs is 2. The zero-order valence-electron chi connectivity index (χ0n) is 9.17. The summed E-state index contributed by atoms with van der Waals surface area (Å²) in [4.78, 5) is 3.35. The van der Waals surface area contributed by atoms with Gasteiger partial charge in [0.1, 0.15) is 0 Å². The molecule has 4 heteroatoms. The average Bonchev–Trinajstić information content (AvgIpc) is 2.81. The molecule has 0 radical (unpaired) electrons. The van der Waals surface area contributed by atoms with Crippen LogP contribution in [0.5, 0.6) is 11.5 Å². The van der Waals surface area contributed by atoms with Crippen LogP contribution in [0, 0.1) is 6.92 Å². The number of H-pyrrole nitrogens is 1. The van der Waals surface area contributed by atoms with E-state index in [4.69, 9.17) is 15.2 Å². The molecule has 0 fully saturated rings. The molecular formula is C12H14N2O2. The van der Waals surface area contributed by atoms with Gasteiger partial charge in [-0.2, -0.15) is 0 Å². The fourth-order valence-corrected chi connectivity index (χ4v) is 2.24. The van der Waals surface area contributed by atoms with Gasteiger partial charge < -0.3 is 20.2 Å². The Bertz CT molecular complexity index is 545. The van der Waals surface area contributed by atoms with Crippen LogP contribution in [-0.4, -0.2) is 18.3 Å². The van der Waals surface area contributed by atoms with Gasteiger partial charge in [-0.25, -0.2) is 0 Å². The Kier molecular flexibility index (Phi) is 2.04.